The Morgan fingerprint density at radius 1 is 0.657 bits per heavy atom. The number of unbranched alkanes of at least 4 members (excludes halogenated alkanes) is 2. The van der Waals surface area contributed by atoms with Crippen LogP contribution in [-0.2, 0) is 22.9 Å². The maximum Gasteiger partial charge on any atom is 0.469 e. The lowest BCUT2D eigenvalue weighted by Crippen LogP contribution is -2.19. The molecule has 11 heteroatoms. The molecule has 0 aliphatic carbocycles. The van der Waals surface area contributed by atoms with Crippen LogP contribution in [0.2, 0.25) is 0 Å². The van der Waals surface area contributed by atoms with Crippen molar-refractivity contribution in [2.24, 2.45) is 0 Å². The lowest BCUT2D eigenvalue weighted by Gasteiger charge is -2.17. The summed E-state index contributed by atoms with van der Waals surface area (Å²) in [6, 6.07) is 0. The molecule has 35 heavy (non-hydrogen) atoms. The van der Waals surface area contributed by atoms with Gasteiger partial charge in [0.05, 0.1) is 19.3 Å². The fraction of sp³-hybridized carbons (Fsp3) is 0.583. The molecule has 1 atom stereocenters. The average Bonchev–Trinajstić information content (AvgIpc) is 2.77. The Morgan fingerprint density at radius 2 is 1.11 bits per heavy atom. The van der Waals surface area contributed by atoms with Gasteiger partial charge in [0.1, 0.15) is 0 Å². The normalized spacial score (nSPS) is 14.5. The van der Waals surface area contributed by atoms with Crippen LogP contribution in [0, 0.1) is 0 Å². The Hall–Kier alpha value is -1.12. The predicted octanol–water partition coefficient (Wildman–Crippen LogP) is 5.90. The summed E-state index contributed by atoms with van der Waals surface area (Å²) >= 11 is 0. The van der Waals surface area contributed by atoms with Gasteiger partial charge in [-0.05, 0) is 58.3 Å². The fourth-order valence-corrected chi connectivity index (χ4v) is 3.53. The van der Waals surface area contributed by atoms with Crippen molar-refractivity contribution in [1.82, 2.24) is 0 Å². The molecule has 202 valence electrons. The standard InChI is InChI=1S/C24H42O9P2/c1-2-31-24(23-33-35(28,29)30)21-19-17-15-13-11-9-7-5-3-4-6-8-10-12-14-16-18-20-22-32-34(25,26)27/h4-7,10-13,16,18,24H,2-3,8-9,14-15,17,19-23H2,1H3,(H2,25,26,27)(H2,28,29,30)/b6-4+,7-5+,12-10+,13-11+,18-16+. The smallest absolute Gasteiger partial charge is 0.376 e. The third-order valence-electron chi connectivity index (χ3n) is 4.44. The molecule has 0 aromatic heterocycles. The van der Waals surface area contributed by atoms with Crippen molar-refractivity contribution in [3.05, 3.63) is 60.8 Å². The lowest BCUT2D eigenvalue weighted by molar-refractivity contribution is 0.0126. The van der Waals surface area contributed by atoms with E-state index in [1.165, 1.54) is 0 Å². The first-order chi connectivity index (χ1) is 16.6. The minimum Gasteiger partial charge on any atom is -0.376 e. The van der Waals surface area contributed by atoms with Gasteiger partial charge >= 0.3 is 15.6 Å². The molecule has 4 N–H and O–H groups in total. The first-order valence-corrected chi connectivity index (χ1v) is 15.0. The third-order valence-corrected chi connectivity index (χ3v) is 5.45. The molecule has 0 saturated carbocycles. The molecule has 0 aliphatic rings. The van der Waals surface area contributed by atoms with Crippen LogP contribution in [0.5, 0.6) is 0 Å². The van der Waals surface area contributed by atoms with E-state index in [0.717, 1.165) is 44.9 Å². The molecule has 0 radical (unpaired) electrons. The SMILES string of the molecule is CCOC(CCCC/C=C/C/C=C/C/C=C/C/C=C/C/C=C/CCOP(=O)(O)O)COP(=O)(O)O. The second-order valence-electron chi connectivity index (χ2n) is 7.56. The van der Waals surface area contributed by atoms with E-state index in [4.69, 9.17) is 24.3 Å². The summed E-state index contributed by atoms with van der Waals surface area (Å²) in [7, 11) is -8.81. The van der Waals surface area contributed by atoms with E-state index in [2.05, 4.69) is 51.6 Å². The highest BCUT2D eigenvalue weighted by molar-refractivity contribution is 7.46. The van der Waals surface area contributed by atoms with Crippen molar-refractivity contribution in [2.45, 2.75) is 70.8 Å². The summed E-state index contributed by atoms with van der Waals surface area (Å²) in [6.07, 6.45) is 27.7. The van der Waals surface area contributed by atoms with Crippen LogP contribution in [0.25, 0.3) is 0 Å². The van der Waals surface area contributed by atoms with Gasteiger partial charge in [0, 0.05) is 6.61 Å². The van der Waals surface area contributed by atoms with Crippen molar-refractivity contribution in [3.63, 3.8) is 0 Å². The van der Waals surface area contributed by atoms with Crippen molar-refractivity contribution in [2.75, 3.05) is 19.8 Å². The number of phosphoric ester groups is 2. The molecule has 0 fully saturated rings. The van der Waals surface area contributed by atoms with Crippen LogP contribution >= 0.6 is 15.6 Å². The maximum absolute atomic E-state index is 10.8. The van der Waals surface area contributed by atoms with Gasteiger partial charge in [-0.1, -0.05) is 67.2 Å². The Labute approximate surface area is 209 Å². The van der Waals surface area contributed by atoms with E-state index in [9.17, 15) is 9.13 Å². The number of rotatable bonds is 22. The van der Waals surface area contributed by atoms with Gasteiger partial charge in [0.2, 0.25) is 0 Å². The van der Waals surface area contributed by atoms with Gasteiger partial charge in [0.15, 0.2) is 0 Å². The largest absolute Gasteiger partial charge is 0.469 e. The number of ether oxygens (including phenoxy) is 1. The Morgan fingerprint density at radius 3 is 1.57 bits per heavy atom. The summed E-state index contributed by atoms with van der Waals surface area (Å²) < 4.78 is 35.6. The number of allylic oxidation sites excluding steroid dienone is 9. The molecular weight excluding hydrogens is 494 g/mol. The van der Waals surface area contributed by atoms with E-state index >= 15 is 0 Å². The first kappa shape index (κ1) is 33.9. The van der Waals surface area contributed by atoms with E-state index in [0.29, 0.717) is 19.4 Å². The topological polar surface area (TPSA) is 143 Å². The third kappa shape index (κ3) is 29.0. The van der Waals surface area contributed by atoms with Crippen LogP contribution in [0.4, 0.5) is 0 Å². The molecule has 0 saturated heterocycles. The van der Waals surface area contributed by atoms with Gasteiger partial charge in [-0.2, -0.15) is 0 Å². The monoisotopic (exact) mass is 536 g/mol. The lowest BCUT2D eigenvalue weighted by atomic mass is 10.1. The molecule has 1 unspecified atom stereocenters. The van der Waals surface area contributed by atoms with E-state index in [1.54, 1.807) is 0 Å². The minimum atomic E-state index is -4.45. The molecule has 0 aromatic rings. The van der Waals surface area contributed by atoms with Gasteiger partial charge in [-0.15, -0.1) is 0 Å². The van der Waals surface area contributed by atoms with Gasteiger partial charge < -0.3 is 24.3 Å². The van der Waals surface area contributed by atoms with Gasteiger partial charge in [-0.25, -0.2) is 9.13 Å². The van der Waals surface area contributed by atoms with Crippen molar-refractivity contribution < 1.29 is 42.5 Å². The molecule has 0 spiro atoms. The quantitative estimate of drug-likeness (QED) is 0.0755. The van der Waals surface area contributed by atoms with Crippen LogP contribution in [0.15, 0.2) is 60.8 Å². The zero-order valence-electron chi connectivity index (χ0n) is 20.6. The molecule has 0 aliphatic heterocycles. The molecule has 0 amide bonds. The molecule has 0 aromatic carbocycles. The van der Waals surface area contributed by atoms with Crippen LogP contribution < -0.4 is 0 Å². The van der Waals surface area contributed by atoms with Crippen molar-refractivity contribution in [3.8, 4) is 0 Å². The van der Waals surface area contributed by atoms with Gasteiger partial charge in [0.25, 0.3) is 0 Å². The van der Waals surface area contributed by atoms with Gasteiger partial charge in [-0.3, -0.25) is 9.05 Å². The fourth-order valence-electron chi connectivity index (χ4n) is 2.82. The molecular formula is C24H42O9P2. The summed E-state index contributed by atoms with van der Waals surface area (Å²) in [5.74, 6) is 0. The van der Waals surface area contributed by atoms with Crippen LogP contribution in [-0.4, -0.2) is 45.5 Å². The van der Waals surface area contributed by atoms with E-state index in [-0.39, 0.29) is 19.3 Å². The predicted molar refractivity (Wildman–Crippen MR) is 139 cm³/mol. The second-order valence-corrected chi connectivity index (χ2v) is 10.0. The first-order valence-electron chi connectivity index (χ1n) is 11.9. The summed E-state index contributed by atoms with van der Waals surface area (Å²) in [5.41, 5.74) is 0. The zero-order valence-corrected chi connectivity index (χ0v) is 22.3. The van der Waals surface area contributed by atoms with Crippen LogP contribution in [0.1, 0.15) is 64.7 Å². The van der Waals surface area contributed by atoms with E-state index < -0.39 is 15.6 Å². The average molecular weight is 537 g/mol. The number of hydrogen-bond acceptors (Lipinski definition) is 5. The number of hydrogen-bond donors (Lipinski definition) is 4. The van der Waals surface area contributed by atoms with Crippen molar-refractivity contribution >= 4 is 15.6 Å². The highest BCUT2D eigenvalue weighted by Crippen LogP contribution is 2.36. The summed E-state index contributed by atoms with van der Waals surface area (Å²) in [4.78, 5) is 34.7. The summed E-state index contributed by atoms with van der Waals surface area (Å²) in [5, 5.41) is 0. The zero-order chi connectivity index (χ0) is 26.3. The molecule has 0 heterocycles. The second kappa shape index (κ2) is 22.1. The van der Waals surface area contributed by atoms with E-state index in [1.807, 2.05) is 25.2 Å². The molecule has 0 bridgehead atoms. The Bertz CT molecular complexity index is 748. The van der Waals surface area contributed by atoms with Crippen LogP contribution in [0.3, 0.4) is 0 Å². The number of phosphoric acid groups is 2. The Balaban J connectivity index is 3.70. The maximum atomic E-state index is 10.8. The van der Waals surface area contributed by atoms with Crippen molar-refractivity contribution in [1.29, 1.82) is 0 Å². The highest BCUT2D eigenvalue weighted by Gasteiger charge is 2.18. The summed E-state index contributed by atoms with van der Waals surface area (Å²) in [6.45, 7) is 2.24. The molecule has 9 nitrogen and oxygen atoms in total. The minimum absolute atomic E-state index is 0.00784. The Kier molecular flexibility index (Phi) is 21.4. The molecule has 0 rings (SSSR count). The highest BCUT2D eigenvalue weighted by atomic mass is 31.2.